The molecule has 0 unspecified atom stereocenters. The Morgan fingerprint density at radius 1 is 1.10 bits per heavy atom. The molecule has 0 fully saturated rings. The summed E-state index contributed by atoms with van der Waals surface area (Å²) in [5.41, 5.74) is 2.17. The van der Waals surface area contributed by atoms with Gasteiger partial charge in [-0.1, -0.05) is 31.3 Å². The van der Waals surface area contributed by atoms with Gasteiger partial charge in [-0.25, -0.2) is 4.98 Å². The first kappa shape index (κ1) is 23.6. The van der Waals surface area contributed by atoms with E-state index in [0.29, 0.717) is 13.0 Å². The normalized spacial score (nSPS) is 11.3. The van der Waals surface area contributed by atoms with Crippen molar-refractivity contribution in [2.75, 3.05) is 43.9 Å². The number of aryl methyl sites for hydroxylation is 1. The molecule has 1 amide bonds. The molecule has 0 spiro atoms. The summed E-state index contributed by atoms with van der Waals surface area (Å²) in [5, 5.41) is 0.798. The Morgan fingerprint density at radius 2 is 1.84 bits per heavy atom. The highest BCUT2D eigenvalue weighted by Gasteiger charge is 2.20. The smallest absolute Gasteiger partial charge is 0.229 e. The summed E-state index contributed by atoms with van der Waals surface area (Å²) in [6.45, 7) is 9.85. The summed E-state index contributed by atoms with van der Waals surface area (Å²) in [5.74, 6) is 1.70. The maximum atomic E-state index is 13.2. The molecule has 31 heavy (non-hydrogen) atoms. The molecule has 0 aliphatic carbocycles. The van der Waals surface area contributed by atoms with Crippen LogP contribution in [0.2, 0.25) is 0 Å². The Balaban J connectivity index is 1.70. The molecule has 0 aliphatic heterocycles. The van der Waals surface area contributed by atoms with Gasteiger partial charge in [0.25, 0.3) is 0 Å². The molecule has 1 heterocycles. The Bertz CT molecular complexity index is 984. The van der Waals surface area contributed by atoms with Crippen LogP contribution in [0.3, 0.4) is 0 Å². The summed E-state index contributed by atoms with van der Waals surface area (Å²) >= 11 is 3.29. The first-order valence-electron chi connectivity index (χ1n) is 10.7. The van der Waals surface area contributed by atoms with Crippen molar-refractivity contribution in [3.8, 4) is 5.75 Å². The number of fused-ring (bicyclic) bond motifs is 1. The fourth-order valence-electron chi connectivity index (χ4n) is 3.31. The third-order valence-corrected chi connectivity index (χ3v) is 7.30. The zero-order chi connectivity index (χ0) is 22.2. The van der Waals surface area contributed by atoms with Crippen molar-refractivity contribution in [1.29, 1.82) is 0 Å². The van der Waals surface area contributed by atoms with E-state index >= 15 is 0 Å². The van der Waals surface area contributed by atoms with Gasteiger partial charge in [0.05, 0.1) is 17.3 Å². The highest BCUT2D eigenvalue weighted by Crippen LogP contribution is 2.30. The maximum Gasteiger partial charge on any atom is 0.229 e. The second-order valence-corrected chi connectivity index (χ2v) is 9.49. The monoisotopic (exact) mass is 457 g/mol. The lowest BCUT2D eigenvalue weighted by atomic mass is 10.2. The number of thiazole rings is 1. The average molecular weight is 458 g/mol. The van der Waals surface area contributed by atoms with Gasteiger partial charge in [0.1, 0.15) is 5.75 Å². The molecule has 166 valence electrons. The summed E-state index contributed by atoms with van der Waals surface area (Å²) < 4.78 is 6.34. The highest BCUT2D eigenvalue weighted by molar-refractivity contribution is 7.99. The fraction of sp³-hybridized carbons (Fsp3) is 0.417. The van der Waals surface area contributed by atoms with Crippen LogP contribution < -0.4 is 9.64 Å². The molecule has 0 saturated heterocycles. The number of likely N-dealkylation sites (N-methyl/N-ethyl adjacent to an activating group) is 1. The number of rotatable bonds is 11. The van der Waals surface area contributed by atoms with E-state index in [1.54, 1.807) is 30.2 Å². The molecule has 0 aliphatic rings. The molecule has 2 aromatic carbocycles. The van der Waals surface area contributed by atoms with Gasteiger partial charge in [0.15, 0.2) is 5.13 Å². The van der Waals surface area contributed by atoms with E-state index in [1.165, 1.54) is 5.56 Å². The number of nitrogens with zero attached hydrogens (tertiary/aromatic N) is 3. The second-order valence-electron chi connectivity index (χ2n) is 7.31. The van der Waals surface area contributed by atoms with Crippen LogP contribution in [0.15, 0.2) is 47.4 Å². The SMILES string of the molecule is CCN(CC)CCN(C(=O)CCSc1ccc(OC)cc1)c1nc2ccc(C)cc2s1. The summed E-state index contributed by atoms with van der Waals surface area (Å²) in [7, 11) is 1.66. The number of hydrogen-bond acceptors (Lipinski definition) is 6. The Kier molecular flexibility index (Phi) is 8.75. The van der Waals surface area contributed by atoms with Gasteiger partial charge in [-0.3, -0.25) is 9.69 Å². The lowest BCUT2D eigenvalue weighted by molar-refractivity contribution is -0.118. The lowest BCUT2D eigenvalue weighted by Crippen LogP contribution is -2.39. The zero-order valence-corrected chi connectivity index (χ0v) is 20.4. The van der Waals surface area contributed by atoms with E-state index in [-0.39, 0.29) is 5.91 Å². The van der Waals surface area contributed by atoms with Gasteiger partial charge < -0.3 is 9.64 Å². The summed E-state index contributed by atoms with van der Waals surface area (Å²) in [6, 6.07) is 14.2. The number of amides is 1. The van der Waals surface area contributed by atoms with E-state index in [2.05, 4.69) is 37.8 Å². The number of benzene rings is 2. The second kappa shape index (κ2) is 11.5. The minimum atomic E-state index is 0.129. The van der Waals surface area contributed by atoms with E-state index in [4.69, 9.17) is 9.72 Å². The molecule has 0 N–H and O–H groups in total. The largest absolute Gasteiger partial charge is 0.497 e. The van der Waals surface area contributed by atoms with Crippen molar-refractivity contribution in [3.05, 3.63) is 48.0 Å². The van der Waals surface area contributed by atoms with Crippen LogP contribution in [0, 0.1) is 6.92 Å². The first-order valence-corrected chi connectivity index (χ1v) is 12.5. The third-order valence-electron chi connectivity index (χ3n) is 5.24. The third kappa shape index (κ3) is 6.45. The van der Waals surface area contributed by atoms with Crippen molar-refractivity contribution in [2.24, 2.45) is 0 Å². The minimum absolute atomic E-state index is 0.129. The maximum absolute atomic E-state index is 13.2. The average Bonchev–Trinajstić information content (AvgIpc) is 3.19. The van der Waals surface area contributed by atoms with Crippen LogP contribution in [0.1, 0.15) is 25.8 Å². The Labute approximate surface area is 193 Å². The number of thioether (sulfide) groups is 1. The molecular weight excluding hydrogens is 426 g/mol. The molecule has 0 saturated carbocycles. The van der Waals surface area contributed by atoms with Crippen LogP contribution >= 0.6 is 23.1 Å². The number of ether oxygens (including phenoxy) is 1. The van der Waals surface area contributed by atoms with Gasteiger partial charge in [0, 0.05) is 30.2 Å². The molecule has 3 rings (SSSR count). The molecular formula is C24H31N3O2S2. The number of aromatic nitrogens is 1. The van der Waals surface area contributed by atoms with Gasteiger partial charge in [-0.2, -0.15) is 0 Å². The summed E-state index contributed by atoms with van der Waals surface area (Å²) in [6.07, 6.45) is 0.476. The van der Waals surface area contributed by atoms with E-state index in [1.807, 2.05) is 35.2 Å². The molecule has 5 nitrogen and oxygen atoms in total. The molecule has 0 atom stereocenters. The number of methoxy groups -OCH3 is 1. The lowest BCUT2D eigenvalue weighted by Gasteiger charge is -2.24. The predicted octanol–water partition coefficient (Wildman–Crippen LogP) is 5.47. The van der Waals surface area contributed by atoms with Crippen LogP contribution in [0.25, 0.3) is 10.2 Å². The quantitative estimate of drug-likeness (QED) is 0.357. The number of carbonyl (C=O) groups is 1. The van der Waals surface area contributed by atoms with Crippen LogP contribution in [-0.2, 0) is 4.79 Å². The first-order chi connectivity index (χ1) is 15.0. The van der Waals surface area contributed by atoms with E-state index in [9.17, 15) is 4.79 Å². The molecule has 0 radical (unpaired) electrons. The van der Waals surface area contributed by atoms with Crippen molar-refractivity contribution in [2.45, 2.75) is 32.1 Å². The van der Waals surface area contributed by atoms with E-state index < -0.39 is 0 Å². The van der Waals surface area contributed by atoms with Crippen molar-refractivity contribution in [3.63, 3.8) is 0 Å². The number of hydrogen-bond donors (Lipinski definition) is 0. The van der Waals surface area contributed by atoms with Crippen molar-refractivity contribution >= 4 is 44.4 Å². The molecule has 0 bridgehead atoms. The van der Waals surface area contributed by atoms with E-state index in [0.717, 1.165) is 51.4 Å². The fourth-order valence-corrected chi connectivity index (χ4v) is 5.25. The Hall–Kier alpha value is -2.09. The van der Waals surface area contributed by atoms with Crippen LogP contribution in [-0.4, -0.2) is 54.8 Å². The predicted molar refractivity (Wildman–Crippen MR) is 133 cm³/mol. The standard InChI is InChI=1S/C24H31N3O2S2/c1-5-26(6-2)14-15-27(24-25-21-12-7-18(3)17-22(21)31-24)23(28)13-16-30-20-10-8-19(29-4)9-11-20/h7-12,17H,5-6,13-16H2,1-4H3. The number of anilines is 1. The van der Waals surface area contributed by atoms with Crippen molar-refractivity contribution < 1.29 is 9.53 Å². The topological polar surface area (TPSA) is 45.7 Å². The van der Waals surface area contributed by atoms with Crippen molar-refractivity contribution in [1.82, 2.24) is 9.88 Å². The summed E-state index contributed by atoms with van der Waals surface area (Å²) in [4.78, 5) is 23.3. The van der Waals surface area contributed by atoms with Gasteiger partial charge in [-0.15, -0.1) is 11.8 Å². The highest BCUT2D eigenvalue weighted by atomic mass is 32.2. The molecule has 3 aromatic rings. The molecule has 1 aromatic heterocycles. The molecule has 7 heteroatoms. The zero-order valence-electron chi connectivity index (χ0n) is 18.8. The van der Waals surface area contributed by atoms with Crippen LogP contribution in [0.5, 0.6) is 5.75 Å². The van der Waals surface area contributed by atoms with Gasteiger partial charge in [0.2, 0.25) is 5.91 Å². The minimum Gasteiger partial charge on any atom is -0.497 e. The van der Waals surface area contributed by atoms with Gasteiger partial charge >= 0.3 is 0 Å². The van der Waals surface area contributed by atoms with Crippen LogP contribution in [0.4, 0.5) is 5.13 Å². The Morgan fingerprint density at radius 3 is 2.52 bits per heavy atom. The number of carbonyl (C=O) groups excluding carboxylic acids is 1. The van der Waals surface area contributed by atoms with Gasteiger partial charge in [-0.05, 0) is 62.0 Å².